The van der Waals surface area contributed by atoms with Crippen LogP contribution in [0.3, 0.4) is 0 Å². The van der Waals surface area contributed by atoms with Crippen LogP contribution in [0.5, 0.6) is 0 Å². The molecule has 0 radical (unpaired) electrons. The summed E-state index contributed by atoms with van der Waals surface area (Å²) >= 11 is 0. The molecule has 1 atom stereocenters. The van der Waals surface area contributed by atoms with Gasteiger partial charge < -0.3 is 11.1 Å². The SMILES string of the molecule is CC(C)CCNC(=O)[C@@H](N)c1ccccc1. The van der Waals surface area contributed by atoms with E-state index >= 15 is 0 Å². The highest BCUT2D eigenvalue weighted by Gasteiger charge is 2.14. The average Bonchev–Trinajstić information content (AvgIpc) is 2.28. The van der Waals surface area contributed by atoms with E-state index < -0.39 is 6.04 Å². The summed E-state index contributed by atoms with van der Waals surface area (Å²) in [7, 11) is 0. The molecule has 0 saturated heterocycles. The molecule has 1 amide bonds. The van der Waals surface area contributed by atoms with Crippen LogP contribution in [-0.2, 0) is 4.79 Å². The van der Waals surface area contributed by atoms with E-state index in [-0.39, 0.29) is 5.91 Å². The first-order valence-corrected chi connectivity index (χ1v) is 5.69. The summed E-state index contributed by atoms with van der Waals surface area (Å²) in [5.41, 5.74) is 6.69. The predicted octanol–water partition coefficient (Wildman–Crippen LogP) is 1.85. The molecule has 0 saturated carbocycles. The lowest BCUT2D eigenvalue weighted by Crippen LogP contribution is -2.34. The molecule has 88 valence electrons. The van der Waals surface area contributed by atoms with Crippen molar-refractivity contribution >= 4 is 5.91 Å². The van der Waals surface area contributed by atoms with Crippen molar-refractivity contribution in [1.29, 1.82) is 0 Å². The van der Waals surface area contributed by atoms with Gasteiger partial charge in [0.2, 0.25) is 5.91 Å². The standard InChI is InChI=1S/C13H20N2O/c1-10(2)8-9-15-13(16)12(14)11-6-4-3-5-7-11/h3-7,10,12H,8-9,14H2,1-2H3,(H,15,16)/t12-/m0/s1. The van der Waals surface area contributed by atoms with Crippen molar-refractivity contribution < 1.29 is 4.79 Å². The van der Waals surface area contributed by atoms with Crippen molar-refractivity contribution in [2.24, 2.45) is 11.7 Å². The zero-order valence-corrected chi connectivity index (χ0v) is 9.94. The minimum absolute atomic E-state index is 0.105. The normalized spacial score (nSPS) is 12.5. The van der Waals surface area contributed by atoms with E-state index in [1.54, 1.807) is 0 Å². The van der Waals surface area contributed by atoms with E-state index in [0.29, 0.717) is 12.5 Å². The lowest BCUT2D eigenvalue weighted by atomic mass is 10.1. The van der Waals surface area contributed by atoms with Crippen LogP contribution < -0.4 is 11.1 Å². The van der Waals surface area contributed by atoms with E-state index in [2.05, 4.69) is 19.2 Å². The molecule has 0 heterocycles. The number of hydrogen-bond donors (Lipinski definition) is 2. The molecule has 0 aliphatic rings. The average molecular weight is 220 g/mol. The van der Waals surface area contributed by atoms with Gasteiger partial charge in [0.25, 0.3) is 0 Å². The summed E-state index contributed by atoms with van der Waals surface area (Å²) in [6, 6.07) is 8.85. The van der Waals surface area contributed by atoms with Crippen molar-refractivity contribution in [3.63, 3.8) is 0 Å². The molecule has 0 spiro atoms. The van der Waals surface area contributed by atoms with Crippen LogP contribution in [0, 0.1) is 5.92 Å². The van der Waals surface area contributed by atoms with E-state index in [9.17, 15) is 4.79 Å². The van der Waals surface area contributed by atoms with Gasteiger partial charge in [-0.15, -0.1) is 0 Å². The Hall–Kier alpha value is -1.35. The van der Waals surface area contributed by atoms with Gasteiger partial charge in [-0.25, -0.2) is 0 Å². The Labute approximate surface area is 97.0 Å². The molecule has 3 nitrogen and oxygen atoms in total. The van der Waals surface area contributed by atoms with Crippen LogP contribution in [0.25, 0.3) is 0 Å². The van der Waals surface area contributed by atoms with Crippen LogP contribution in [0.4, 0.5) is 0 Å². The van der Waals surface area contributed by atoms with Gasteiger partial charge in [-0.05, 0) is 17.9 Å². The van der Waals surface area contributed by atoms with Gasteiger partial charge in [-0.1, -0.05) is 44.2 Å². The Bertz CT molecular complexity index is 322. The van der Waals surface area contributed by atoms with Crippen LogP contribution >= 0.6 is 0 Å². The van der Waals surface area contributed by atoms with Crippen LogP contribution in [0.15, 0.2) is 30.3 Å². The molecular formula is C13H20N2O. The first-order chi connectivity index (χ1) is 7.61. The zero-order valence-electron chi connectivity index (χ0n) is 9.94. The molecule has 0 unspecified atom stereocenters. The highest BCUT2D eigenvalue weighted by molar-refractivity contribution is 5.82. The summed E-state index contributed by atoms with van der Waals surface area (Å²) in [5.74, 6) is 0.486. The fourth-order valence-corrected chi connectivity index (χ4v) is 1.41. The lowest BCUT2D eigenvalue weighted by molar-refractivity contribution is -0.122. The number of hydrogen-bond acceptors (Lipinski definition) is 2. The third-order valence-corrected chi connectivity index (χ3v) is 2.46. The van der Waals surface area contributed by atoms with Gasteiger partial charge in [0.15, 0.2) is 0 Å². The molecule has 0 aliphatic carbocycles. The third-order valence-electron chi connectivity index (χ3n) is 2.46. The second kappa shape index (κ2) is 6.28. The van der Waals surface area contributed by atoms with Crippen molar-refractivity contribution in [2.75, 3.05) is 6.54 Å². The minimum Gasteiger partial charge on any atom is -0.354 e. The highest BCUT2D eigenvalue weighted by Crippen LogP contribution is 2.09. The first kappa shape index (κ1) is 12.7. The number of nitrogens with two attached hydrogens (primary N) is 1. The Morgan fingerprint density at radius 1 is 1.31 bits per heavy atom. The maximum absolute atomic E-state index is 11.7. The summed E-state index contributed by atoms with van der Waals surface area (Å²) in [5, 5.41) is 2.85. The van der Waals surface area contributed by atoms with Crippen LogP contribution in [0.2, 0.25) is 0 Å². The summed E-state index contributed by atoms with van der Waals surface area (Å²) in [6.07, 6.45) is 0.979. The lowest BCUT2D eigenvalue weighted by Gasteiger charge is -2.13. The van der Waals surface area contributed by atoms with Gasteiger partial charge in [0.1, 0.15) is 6.04 Å². The van der Waals surface area contributed by atoms with Gasteiger partial charge in [0.05, 0.1) is 0 Å². The molecule has 0 aromatic heterocycles. The van der Waals surface area contributed by atoms with E-state index in [1.807, 2.05) is 30.3 Å². The Morgan fingerprint density at radius 2 is 1.94 bits per heavy atom. The second-order valence-corrected chi connectivity index (χ2v) is 4.36. The minimum atomic E-state index is -0.562. The highest BCUT2D eigenvalue weighted by atomic mass is 16.2. The summed E-state index contributed by atoms with van der Waals surface area (Å²) in [6.45, 7) is 4.95. The maximum Gasteiger partial charge on any atom is 0.241 e. The first-order valence-electron chi connectivity index (χ1n) is 5.69. The predicted molar refractivity (Wildman–Crippen MR) is 65.8 cm³/mol. The summed E-state index contributed by atoms with van der Waals surface area (Å²) < 4.78 is 0. The topological polar surface area (TPSA) is 55.1 Å². The number of rotatable bonds is 5. The maximum atomic E-state index is 11.7. The molecule has 16 heavy (non-hydrogen) atoms. The molecule has 0 bridgehead atoms. The molecule has 3 N–H and O–H groups in total. The van der Waals surface area contributed by atoms with Gasteiger partial charge in [0, 0.05) is 6.54 Å². The van der Waals surface area contributed by atoms with Crippen LogP contribution in [0.1, 0.15) is 31.9 Å². The molecule has 0 fully saturated rings. The molecule has 3 heteroatoms. The molecule has 1 aromatic carbocycles. The number of amides is 1. The van der Waals surface area contributed by atoms with Crippen molar-refractivity contribution in [3.8, 4) is 0 Å². The number of nitrogens with one attached hydrogen (secondary N) is 1. The fraction of sp³-hybridized carbons (Fsp3) is 0.462. The fourth-order valence-electron chi connectivity index (χ4n) is 1.41. The van der Waals surface area contributed by atoms with Crippen LogP contribution in [-0.4, -0.2) is 12.5 Å². The smallest absolute Gasteiger partial charge is 0.241 e. The Balaban J connectivity index is 2.43. The molecule has 0 aliphatic heterocycles. The monoisotopic (exact) mass is 220 g/mol. The summed E-state index contributed by atoms with van der Waals surface area (Å²) in [4.78, 5) is 11.7. The Morgan fingerprint density at radius 3 is 2.50 bits per heavy atom. The number of carbonyl (C=O) groups is 1. The number of carbonyl (C=O) groups excluding carboxylic acids is 1. The Kier molecular flexibility index (Phi) is 4.99. The molecular weight excluding hydrogens is 200 g/mol. The van der Waals surface area contributed by atoms with Gasteiger partial charge >= 0.3 is 0 Å². The third kappa shape index (κ3) is 4.03. The van der Waals surface area contributed by atoms with Crippen molar-refractivity contribution in [2.45, 2.75) is 26.3 Å². The van der Waals surface area contributed by atoms with Gasteiger partial charge in [-0.3, -0.25) is 4.79 Å². The molecule has 1 rings (SSSR count). The quantitative estimate of drug-likeness (QED) is 0.795. The van der Waals surface area contributed by atoms with E-state index in [0.717, 1.165) is 12.0 Å². The van der Waals surface area contributed by atoms with Crippen molar-refractivity contribution in [3.05, 3.63) is 35.9 Å². The van der Waals surface area contributed by atoms with E-state index in [4.69, 9.17) is 5.73 Å². The molecule has 1 aromatic rings. The van der Waals surface area contributed by atoms with Crippen molar-refractivity contribution in [1.82, 2.24) is 5.32 Å². The zero-order chi connectivity index (χ0) is 12.0. The van der Waals surface area contributed by atoms with Gasteiger partial charge in [-0.2, -0.15) is 0 Å². The second-order valence-electron chi connectivity index (χ2n) is 4.36. The van der Waals surface area contributed by atoms with E-state index in [1.165, 1.54) is 0 Å². The number of benzene rings is 1. The largest absolute Gasteiger partial charge is 0.354 e.